The standard InChI is InChI=1S/C72H48N10/c1-2-69-73-57-23-9-15-29-65(57)77(69)49-34-38-52(39-35-49)80-64-42-32-47(44-56(64)55-22-8-14-28-63(55)81-67-31-17-11-25-59(67)75-71(80)81)48-33-43-68-60(45-48)76-72-79(61-26-12-6-20-53(61)54-21-7-13-27-62(54)82(68)72)51-40-36-50(37-41-51)78-66-30-16-10-24-58(66)74-70(78)46-18-4-3-5-19-46/h3-45H,2H2,1H3. The van der Waals surface area contributed by atoms with E-state index in [1.165, 1.54) is 0 Å². The van der Waals surface area contributed by atoms with Crippen molar-refractivity contribution >= 4 is 78.8 Å². The molecule has 386 valence electrons. The number of benzene rings is 11. The minimum absolute atomic E-state index is 0.807. The molecule has 2 aliphatic heterocycles. The second-order valence-electron chi connectivity index (χ2n) is 21.0. The number of imidazole rings is 4. The Morgan fingerprint density at radius 1 is 0.280 bits per heavy atom. The van der Waals surface area contributed by atoms with Gasteiger partial charge < -0.3 is 0 Å². The molecule has 11 aromatic carbocycles. The number of anilines is 6. The fourth-order valence-corrected chi connectivity index (χ4v) is 12.7. The number of fused-ring (bicyclic) bond motifs is 16. The van der Waals surface area contributed by atoms with Crippen molar-refractivity contribution in [1.82, 2.24) is 38.2 Å². The number of hydrogen-bond donors (Lipinski definition) is 0. The Hall–Kier alpha value is -11.1. The summed E-state index contributed by atoms with van der Waals surface area (Å²) in [5.74, 6) is 3.56. The molecule has 17 rings (SSSR count). The first-order chi connectivity index (χ1) is 40.6. The molecule has 0 amide bonds. The van der Waals surface area contributed by atoms with Crippen LogP contribution in [0.5, 0.6) is 0 Å². The quantitative estimate of drug-likeness (QED) is 0.158. The molecule has 0 N–H and O–H groups in total. The van der Waals surface area contributed by atoms with Crippen LogP contribution in [0.25, 0.3) is 112 Å². The van der Waals surface area contributed by atoms with Crippen molar-refractivity contribution in [3.63, 3.8) is 0 Å². The summed E-state index contributed by atoms with van der Waals surface area (Å²) in [7, 11) is 0. The molecule has 6 heterocycles. The Morgan fingerprint density at radius 2 is 0.707 bits per heavy atom. The van der Waals surface area contributed by atoms with E-state index in [-0.39, 0.29) is 0 Å². The van der Waals surface area contributed by atoms with E-state index in [4.69, 9.17) is 19.9 Å². The van der Waals surface area contributed by atoms with Gasteiger partial charge in [-0.1, -0.05) is 140 Å². The number of aryl methyl sites for hydroxylation is 1. The van der Waals surface area contributed by atoms with E-state index in [2.05, 4.69) is 284 Å². The zero-order valence-corrected chi connectivity index (χ0v) is 44.5. The van der Waals surface area contributed by atoms with Gasteiger partial charge in [0.05, 0.1) is 66.9 Å². The molecule has 0 bridgehead atoms. The Bertz CT molecular complexity index is 5040. The normalized spacial score (nSPS) is 12.5. The Morgan fingerprint density at radius 3 is 1.34 bits per heavy atom. The van der Waals surface area contributed by atoms with Gasteiger partial charge >= 0.3 is 0 Å². The smallest absolute Gasteiger partial charge is 0.220 e. The van der Waals surface area contributed by atoms with Crippen molar-refractivity contribution < 1.29 is 0 Å². The summed E-state index contributed by atoms with van der Waals surface area (Å²) in [5, 5.41) is 0. The Kier molecular flexibility index (Phi) is 10.1. The second-order valence-corrected chi connectivity index (χ2v) is 21.0. The maximum atomic E-state index is 5.66. The van der Waals surface area contributed by atoms with Gasteiger partial charge in [-0.2, -0.15) is 0 Å². The molecular formula is C72H48N10. The van der Waals surface area contributed by atoms with Gasteiger partial charge in [-0.05, 0) is 139 Å². The summed E-state index contributed by atoms with van der Waals surface area (Å²) in [4.78, 5) is 25.9. The lowest BCUT2D eigenvalue weighted by Crippen LogP contribution is -2.14. The molecule has 2 aliphatic rings. The maximum absolute atomic E-state index is 5.66. The van der Waals surface area contributed by atoms with Crippen LogP contribution >= 0.6 is 0 Å². The Labute approximate surface area is 472 Å². The molecule has 15 aromatic rings. The van der Waals surface area contributed by atoms with Gasteiger partial charge in [0.2, 0.25) is 11.9 Å². The van der Waals surface area contributed by atoms with Gasteiger partial charge in [0.25, 0.3) is 0 Å². The lowest BCUT2D eigenvalue weighted by atomic mass is 9.95. The Balaban J connectivity index is 0.813. The fraction of sp³-hybridized carbons (Fsp3) is 0.0278. The van der Waals surface area contributed by atoms with E-state index in [0.717, 1.165) is 159 Å². The molecule has 0 saturated heterocycles. The monoisotopic (exact) mass is 1050 g/mol. The van der Waals surface area contributed by atoms with E-state index < -0.39 is 0 Å². The highest BCUT2D eigenvalue weighted by Crippen LogP contribution is 2.51. The summed E-state index contributed by atoms with van der Waals surface area (Å²) in [6.45, 7) is 2.16. The summed E-state index contributed by atoms with van der Waals surface area (Å²) < 4.78 is 9.19. The van der Waals surface area contributed by atoms with Crippen LogP contribution in [0.3, 0.4) is 0 Å². The molecular weight excluding hydrogens is 1000 g/mol. The number of rotatable bonds is 7. The van der Waals surface area contributed by atoms with Crippen LogP contribution < -0.4 is 9.80 Å². The molecule has 0 aliphatic carbocycles. The van der Waals surface area contributed by atoms with E-state index in [1.54, 1.807) is 0 Å². The number of para-hydroxylation sites is 9. The first kappa shape index (κ1) is 45.9. The van der Waals surface area contributed by atoms with Crippen LogP contribution in [-0.4, -0.2) is 38.2 Å². The average Bonchev–Trinajstić information content (AvgIpc) is 3.54. The molecule has 0 saturated carbocycles. The second kappa shape index (κ2) is 18.0. The highest BCUT2D eigenvalue weighted by Gasteiger charge is 2.32. The van der Waals surface area contributed by atoms with Gasteiger partial charge in [0.1, 0.15) is 11.6 Å². The average molecular weight is 1050 g/mol. The van der Waals surface area contributed by atoms with Gasteiger partial charge in [-0.25, -0.2) is 19.9 Å². The van der Waals surface area contributed by atoms with Crippen molar-refractivity contribution in [3.05, 3.63) is 267 Å². The molecule has 82 heavy (non-hydrogen) atoms. The van der Waals surface area contributed by atoms with Crippen LogP contribution in [0.1, 0.15) is 12.7 Å². The minimum atomic E-state index is 0.807. The molecule has 0 radical (unpaired) electrons. The zero-order chi connectivity index (χ0) is 54.0. The zero-order valence-electron chi connectivity index (χ0n) is 44.5. The van der Waals surface area contributed by atoms with Gasteiger partial charge in [-0.15, -0.1) is 0 Å². The summed E-state index contributed by atoms with van der Waals surface area (Å²) >= 11 is 0. The predicted octanol–water partition coefficient (Wildman–Crippen LogP) is 17.8. The third-order valence-corrected chi connectivity index (χ3v) is 16.4. The largest absolute Gasteiger partial charge is 0.296 e. The van der Waals surface area contributed by atoms with Crippen LogP contribution in [0.4, 0.5) is 34.6 Å². The maximum Gasteiger partial charge on any atom is 0.220 e. The minimum Gasteiger partial charge on any atom is -0.296 e. The van der Waals surface area contributed by atoms with Crippen molar-refractivity contribution in [2.75, 3.05) is 9.80 Å². The van der Waals surface area contributed by atoms with Crippen molar-refractivity contribution in [2.45, 2.75) is 13.3 Å². The van der Waals surface area contributed by atoms with E-state index in [0.29, 0.717) is 0 Å². The molecule has 0 spiro atoms. The molecule has 10 heteroatoms. The lowest BCUT2D eigenvalue weighted by molar-refractivity contribution is 0.908. The number of aromatic nitrogens is 8. The third kappa shape index (κ3) is 6.88. The predicted molar refractivity (Wildman–Crippen MR) is 333 cm³/mol. The van der Waals surface area contributed by atoms with Crippen LogP contribution in [0, 0.1) is 0 Å². The summed E-state index contributed by atoms with van der Waals surface area (Å²) in [6, 6.07) is 93.0. The van der Waals surface area contributed by atoms with Crippen LogP contribution in [0.2, 0.25) is 0 Å². The molecule has 4 aromatic heterocycles. The third-order valence-electron chi connectivity index (χ3n) is 16.4. The van der Waals surface area contributed by atoms with Crippen molar-refractivity contribution in [1.29, 1.82) is 0 Å². The summed E-state index contributed by atoms with van der Waals surface area (Å²) in [6.07, 6.45) is 0.814. The fourth-order valence-electron chi connectivity index (χ4n) is 12.7. The topological polar surface area (TPSA) is 77.8 Å². The number of nitrogens with zero attached hydrogens (tertiary/aromatic N) is 10. The van der Waals surface area contributed by atoms with E-state index in [9.17, 15) is 0 Å². The number of hydrogen-bond acceptors (Lipinski definition) is 6. The van der Waals surface area contributed by atoms with E-state index >= 15 is 0 Å². The highest BCUT2D eigenvalue weighted by molar-refractivity contribution is 6.01. The van der Waals surface area contributed by atoms with Gasteiger partial charge in [0.15, 0.2) is 0 Å². The van der Waals surface area contributed by atoms with Crippen LogP contribution in [0.15, 0.2) is 261 Å². The van der Waals surface area contributed by atoms with E-state index in [1.807, 2.05) is 12.1 Å². The molecule has 10 nitrogen and oxygen atoms in total. The molecule has 0 fully saturated rings. The lowest BCUT2D eigenvalue weighted by Gasteiger charge is -2.25. The van der Waals surface area contributed by atoms with Gasteiger partial charge in [0, 0.05) is 57.0 Å². The van der Waals surface area contributed by atoms with Crippen molar-refractivity contribution in [2.24, 2.45) is 0 Å². The first-order valence-corrected chi connectivity index (χ1v) is 27.9. The van der Waals surface area contributed by atoms with Crippen LogP contribution in [-0.2, 0) is 6.42 Å². The SMILES string of the molecule is CCc1nc2ccccc2n1-c1ccc(N2c3ccc(-c4ccc5c(c4)nc4n5-c5ccccc5-c5ccccc5N4c4ccc(-n5c(-c6ccccc6)nc6ccccc65)cc4)cc3-c3ccccc3-n3c2nc2ccccc23)cc1. The molecule has 0 unspecified atom stereocenters. The summed E-state index contributed by atoms with van der Waals surface area (Å²) in [5.41, 5.74) is 23.9. The van der Waals surface area contributed by atoms with Gasteiger partial charge in [-0.3, -0.25) is 28.1 Å². The first-order valence-electron chi connectivity index (χ1n) is 27.9. The van der Waals surface area contributed by atoms with Crippen molar-refractivity contribution in [3.8, 4) is 67.5 Å². The highest BCUT2D eigenvalue weighted by atomic mass is 15.3. The molecule has 0 atom stereocenters.